The molecule has 0 atom stereocenters. The molecule has 0 aliphatic heterocycles. The monoisotopic (exact) mass is 262 g/mol. The maximum atomic E-state index is 10.2. The van der Waals surface area contributed by atoms with Crippen molar-refractivity contribution in [1.82, 2.24) is 0 Å². The standard InChI is InChI=1S/C7H13NO2.C5H11NO2/c1-4-5-8(2,3)6-7(9)10;1-6(2,3)4-5(7)8/h4H,1,5-6H2,2-3H3;4H2,1-3H3/p+2. The fraction of sp³-hybridized carbons (Fsp3) is 0.667. The summed E-state index contributed by atoms with van der Waals surface area (Å²) < 4.78 is 0.939. The van der Waals surface area contributed by atoms with Crippen molar-refractivity contribution < 1.29 is 28.8 Å². The zero-order chi connectivity index (χ0) is 15.0. The average molecular weight is 262 g/mol. The van der Waals surface area contributed by atoms with Gasteiger partial charge in [-0.3, -0.25) is 0 Å². The molecule has 0 saturated heterocycles. The van der Waals surface area contributed by atoms with Crippen molar-refractivity contribution in [2.45, 2.75) is 0 Å². The molecule has 6 nitrogen and oxygen atoms in total. The number of aliphatic carboxylic acids is 2. The van der Waals surface area contributed by atoms with Crippen molar-refractivity contribution in [3.05, 3.63) is 12.7 Å². The second kappa shape index (κ2) is 7.84. The lowest BCUT2D eigenvalue weighted by molar-refractivity contribution is -0.877. The summed E-state index contributed by atoms with van der Waals surface area (Å²) >= 11 is 0. The Hall–Kier alpha value is -1.40. The van der Waals surface area contributed by atoms with E-state index in [2.05, 4.69) is 6.58 Å². The molecule has 0 aliphatic carbocycles. The van der Waals surface area contributed by atoms with Crippen molar-refractivity contribution in [3.8, 4) is 0 Å². The molecule has 0 rings (SSSR count). The van der Waals surface area contributed by atoms with Crippen molar-refractivity contribution in [1.29, 1.82) is 0 Å². The van der Waals surface area contributed by atoms with Crippen LogP contribution in [0.3, 0.4) is 0 Å². The Kier molecular flexibility index (Phi) is 8.25. The molecule has 18 heavy (non-hydrogen) atoms. The molecule has 0 spiro atoms. The lowest BCUT2D eigenvalue weighted by Gasteiger charge is -2.25. The summed E-state index contributed by atoms with van der Waals surface area (Å²) in [4.78, 5) is 20.2. The van der Waals surface area contributed by atoms with Crippen LogP contribution in [0.1, 0.15) is 0 Å². The minimum absolute atomic E-state index is 0.145. The van der Waals surface area contributed by atoms with Crippen LogP contribution in [0.5, 0.6) is 0 Å². The lowest BCUT2D eigenvalue weighted by atomic mass is 10.4. The van der Waals surface area contributed by atoms with E-state index in [-0.39, 0.29) is 13.1 Å². The number of hydrogen-bond donors (Lipinski definition) is 2. The van der Waals surface area contributed by atoms with Gasteiger partial charge in [-0.2, -0.15) is 0 Å². The van der Waals surface area contributed by atoms with Crippen LogP contribution in [0.25, 0.3) is 0 Å². The smallest absolute Gasteiger partial charge is 0.359 e. The summed E-state index contributed by atoms with van der Waals surface area (Å²) in [6.45, 7) is 4.56. The third-order valence-electron chi connectivity index (χ3n) is 1.80. The van der Waals surface area contributed by atoms with E-state index in [0.29, 0.717) is 15.5 Å². The highest BCUT2D eigenvalue weighted by atomic mass is 16.4. The van der Waals surface area contributed by atoms with Crippen molar-refractivity contribution in [2.75, 3.05) is 54.9 Å². The summed E-state index contributed by atoms with van der Waals surface area (Å²) in [6, 6.07) is 0. The van der Waals surface area contributed by atoms with Gasteiger partial charge in [0.25, 0.3) is 0 Å². The topological polar surface area (TPSA) is 74.6 Å². The van der Waals surface area contributed by atoms with Gasteiger partial charge in [-0.25, -0.2) is 9.59 Å². The normalized spacial score (nSPS) is 11.2. The van der Waals surface area contributed by atoms with Gasteiger partial charge in [-0.15, -0.1) is 0 Å². The Morgan fingerprint density at radius 1 is 1.00 bits per heavy atom. The van der Waals surface area contributed by atoms with Crippen LogP contribution >= 0.6 is 0 Å². The Morgan fingerprint density at radius 3 is 1.56 bits per heavy atom. The van der Waals surface area contributed by atoms with Crippen LogP contribution in [-0.4, -0.2) is 86.0 Å². The SMILES string of the molecule is C=CC[N+](C)(C)CC(=O)O.C[N+](C)(C)CC(=O)O. The first-order chi connectivity index (χ1) is 7.89. The summed E-state index contributed by atoms with van der Waals surface area (Å²) in [5.74, 6) is -1.52. The zero-order valence-corrected chi connectivity index (χ0v) is 12.0. The number of nitrogens with zero attached hydrogens (tertiary/aromatic N) is 2. The lowest BCUT2D eigenvalue weighted by Crippen LogP contribution is -2.43. The van der Waals surface area contributed by atoms with Gasteiger partial charge in [0.1, 0.15) is 0 Å². The molecule has 0 bridgehead atoms. The molecule has 0 fully saturated rings. The van der Waals surface area contributed by atoms with E-state index < -0.39 is 11.9 Å². The van der Waals surface area contributed by atoms with Gasteiger partial charge in [0, 0.05) is 0 Å². The predicted octanol–water partition coefficient (Wildman–Crippen LogP) is 0.111. The zero-order valence-electron chi connectivity index (χ0n) is 12.0. The second-order valence-electron chi connectivity index (χ2n) is 5.80. The number of likely N-dealkylation sites (N-methyl/N-ethyl adjacent to an activating group) is 2. The van der Waals surface area contributed by atoms with E-state index in [1.807, 2.05) is 35.2 Å². The Morgan fingerprint density at radius 2 is 1.39 bits per heavy atom. The van der Waals surface area contributed by atoms with Crippen molar-refractivity contribution >= 4 is 11.9 Å². The van der Waals surface area contributed by atoms with E-state index in [1.54, 1.807) is 6.08 Å². The molecular weight excluding hydrogens is 236 g/mol. The molecule has 0 saturated carbocycles. The van der Waals surface area contributed by atoms with E-state index >= 15 is 0 Å². The fourth-order valence-corrected chi connectivity index (χ4v) is 1.19. The number of carboxylic acids is 2. The summed E-state index contributed by atoms with van der Waals surface area (Å²) in [7, 11) is 9.24. The number of carbonyl (C=O) groups is 2. The number of hydrogen-bond acceptors (Lipinski definition) is 2. The summed E-state index contributed by atoms with van der Waals surface area (Å²) in [6.07, 6.45) is 1.73. The van der Waals surface area contributed by atoms with Gasteiger partial charge in [-0.1, -0.05) is 6.58 Å². The van der Waals surface area contributed by atoms with E-state index in [0.717, 1.165) is 0 Å². The third kappa shape index (κ3) is 17.0. The first-order valence-electron chi connectivity index (χ1n) is 5.56. The Balaban J connectivity index is 0. The number of quaternary nitrogens is 2. The maximum Gasteiger partial charge on any atom is 0.359 e. The predicted molar refractivity (Wildman–Crippen MR) is 70.2 cm³/mol. The van der Waals surface area contributed by atoms with Gasteiger partial charge >= 0.3 is 11.9 Å². The molecular formula is C12H26N2O4+2. The van der Waals surface area contributed by atoms with E-state index in [4.69, 9.17) is 10.2 Å². The highest BCUT2D eigenvalue weighted by Gasteiger charge is 2.16. The summed E-state index contributed by atoms with van der Waals surface area (Å²) in [5, 5.41) is 16.7. The van der Waals surface area contributed by atoms with Crippen LogP contribution in [0.4, 0.5) is 0 Å². The van der Waals surface area contributed by atoms with Gasteiger partial charge in [-0.05, 0) is 6.08 Å². The molecule has 0 unspecified atom stereocenters. The van der Waals surface area contributed by atoms with E-state index in [1.165, 1.54) is 0 Å². The van der Waals surface area contributed by atoms with Gasteiger partial charge < -0.3 is 19.2 Å². The van der Waals surface area contributed by atoms with E-state index in [9.17, 15) is 9.59 Å². The highest BCUT2D eigenvalue weighted by Crippen LogP contribution is 1.95. The maximum absolute atomic E-state index is 10.2. The van der Waals surface area contributed by atoms with Crippen molar-refractivity contribution in [3.63, 3.8) is 0 Å². The molecule has 0 aliphatic rings. The van der Waals surface area contributed by atoms with Crippen LogP contribution in [0.2, 0.25) is 0 Å². The van der Waals surface area contributed by atoms with Crippen LogP contribution in [-0.2, 0) is 9.59 Å². The molecule has 0 aromatic heterocycles. The quantitative estimate of drug-likeness (QED) is 0.526. The first kappa shape index (κ1) is 19.0. The molecule has 0 amide bonds. The number of rotatable bonds is 6. The molecule has 0 radical (unpaired) electrons. The molecule has 106 valence electrons. The number of carboxylic acid groups (broad SMARTS) is 2. The fourth-order valence-electron chi connectivity index (χ4n) is 1.19. The van der Waals surface area contributed by atoms with Crippen LogP contribution in [0.15, 0.2) is 12.7 Å². The minimum Gasteiger partial charge on any atom is -0.477 e. The van der Waals surface area contributed by atoms with Crippen molar-refractivity contribution in [2.24, 2.45) is 0 Å². The first-order valence-corrected chi connectivity index (χ1v) is 5.56. The highest BCUT2D eigenvalue weighted by molar-refractivity contribution is 5.68. The Bertz CT molecular complexity index is 293. The average Bonchev–Trinajstić information content (AvgIpc) is 1.95. The largest absolute Gasteiger partial charge is 0.477 e. The minimum atomic E-state index is -0.771. The van der Waals surface area contributed by atoms with Crippen LogP contribution < -0.4 is 0 Å². The van der Waals surface area contributed by atoms with Crippen LogP contribution in [0, 0.1) is 0 Å². The van der Waals surface area contributed by atoms with Gasteiger partial charge in [0.2, 0.25) is 0 Å². The third-order valence-corrected chi connectivity index (χ3v) is 1.80. The molecule has 0 heterocycles. The van der Waals surface area contributed by atoms with Gasteiger partial charge in [0.15, 0.2) is 13.1 Å². The molecule has 2 N–H and O–H groups in total. The van der Waals surface area contributed by atoms with Gasteiger partial charge in [0.05, 0.1) is 41.8 Å². The molecule has 6 heteroatoms. The molecule has 0 aromatic rings. The second-order valence-corrected chi connectivity index (χ2v) is 5.80. The Labute approximate surface area is 109 Å². The summed E-state index contributed by atoms with van der Waals surface area (Å²) in [5.41, 5.74) is 0. The molecule has 0 aromatic carbocycles.